The lowest BCUT2D eigenvalue weighted by atomic mass is 10.0. The van der Waals surface area contributed by atoms with Crippen molar-refractivity contribution in [2.45, 2.75) is 0 Å². The lowest BCUT2D eigenvalue weighted by Gasteiger charge is -2.08. The van der Waals surface area contributed by atoms with E-state index in [1.54, 1.807) is 11.3 Å². The number of aromatic nitrogens is 3. The van der Waals surface area contributed by atoms with Crippen LogP contribution in [0.4, 0.5) is 0 Å². The minimum atomic E-state index is -0.273. The van der Waals surface area contributed by atoms with Gasteiger partial charge in [-0.25, -0.2) is 15.0 Å². The summed E-state index contributed by atoms with van der Waals surface area (Å²) in [6, 6.07) is 36.2. The quantitative estimate of drug-likeness (QED) is 0.184. The highest BCUT2D eigenvalue weighted by atomic mass is 32.1. The molecule has 4 nitrogen and oxygen atoms in total. The maximum Gasteiger partial charge on any atom is 0.164 e. The number of hydrogen-bond donors (Lipinski definition) is 0. The number of nitrogens with zero attached hydrogens (tertiary/aromatic N) is 3. The number of benzene rings is 7. The molecule has 4 heterocycles. The number of hydrogen-bond acceptors (Lipinski definition) is 6. The highest BCUT2D eigenvalue weighted by Crippen LogP contribution is 2.41. The summed E-state index contributed by atoms with van der Waals surface area (Å²) >= 11 is 2.72. The summed E-state index contributed by atoms with van der Waals surface area (Å²) in [4.78, 5) is 14.5. The molecule has 0 amide bonds. The standard InChI is InChI=1S/C45H25N3OS2/c1-2-8-26(9-3-1)43-46-44(29-15-18-32-31-10-4-6-12-37(31)49-38(32)23-29)48-45(47-43)30-16-20-35-36-22-27(17-21-40(36)51-42(35)25-30)28-14-19-34-33-11-5-7-13-39(33)50-41(34)24-28/h1-25H/i16D,17D,20D,21D,22D,25D. The maximum atomic E-state index is 9.55. The average molecular weight is 694 g/mol. The van der Waals surface area contributed by atoms with Crippen LogP contribution in [0.15, 0.2) is 156 Å². The minimum absolute atomic E-state index is 0.00690. The van der Waals surface area contributed by atoms with Crippen LogP contribution in [-0.4, -0.2) is 15.0 Å². The average Bonchev–Trinajstić information content (AvgIpc) is 3.94. The molecule has 0 aliphatic carbocycles. The van der Waals surface area contributed by atoms with Crippen molar-refractivity contribution in [2.24, 2.45) is 0 Å². The molecule has 0 radical (unpaired) electrons. The highest BCUT2D eigenvalue weighted by Gasteiger charge is 2.16. The molecule has 0 spiro atoms. The summed E-state index contributed by atoms with van der Waals surface area (Å²) in [6.45, 7) is 0. The zero-order valence-electron chi connectivity index (χ0n) is 32.5. The maximum absolute atomic E-state index is 9.55. The fourth-order valence-electron chi connectivity index (χ4n) is 6.73. The molecule has 0 atom stereocenters. The molecule has 0 bridgehead atoms. The van der Waals surface area contributed by atoms with Crippen molar-refractivity contribution >= 4 is 85.0 Å². The Hall–Kier alpha value is -6.21. The summed E-state index contributed by atoms with van der Waals surface area (Å²) in [5.41, 5.74) is 3.74. The third kappa shape index (κ3) is 4.68. The van der Waals surface area contributed by atoms with Gasteiger partial charge >= 0.3 is 0 Å². The molecule has 0 aliphatic rings. The minimum Gasteiger partial charge on any atom is -0.456 e. The fourth-order valence-corrected chi connectivity index (χ4v) is 8.84. The molecule has 6 heteroatoms. The van der Waals surface area contributed by atoms with Gasteiger partial charge in [0.1, 0.15) is 11.2 Å². The van der Waals surface area contributed by atoms with E-state index in [1.165, 1.54) is 0 Å². The molecule has 11 aromatic rings. The van der Waals surface area contributed by atoms with E-state index in [-0.39, 0.29) is 58.6 Å². The highest BCUT2D eigenvalue weighted by molar-refractivity contribution is 7.26. The van der Waals surface area contributed by atoms with Crippen LogP contribution in [0.5, 0.6) is 0 Å². The van der Waals surface area contributed by atoms with Gasteiger partial charge in [0, 0.05) is 67.8 Å². The van der Waals surface area contributed by atoms with Gasteiger partial charge in [-0.1, -0.05) is 103 Å². The lowest BCUT2D eigenvalue weighted by molar-refractivity contribution is 0.669. The van der Waals surface area contributed by atoms with Gasteiger partial charge < -0.3 is 4.42 Å². The monoisotopic (exact) mass is 693 g/mol. The van der Waals surface area contributed by atoms with Crippen LogP contribution < -0.4 is 0 Å². The summed E-state index contributed by atoms with van der Waals surface area (Å²) in [5.74, 6) is 0.703. The van der Waals surface area contributed by atoms with Crippen molar-refractivity contribution in [3.63, 3.8) is 0 Å². The zero-order valence-corrected chi connectivity index (χ0v) is 28.2. The van der Waals surface area contributed by atoms with Crippen LogP contribution in [0.1, 0.15) is 8.22 Å². The molecular formula is C45H25N3OS2. The molecule has 0 fully saturated rings. The lowest BCUT2D eigenvalue weighted by Crippen LogP contribution is -2.00. The number of thiophene rings is 2. The molecule has 0 unspecified atom stereocenters. The normalized spacial score (nSPS) is 13.6. The second kappa shape index (κ2) is 11.2. The first-order valence-corrected chi connectivity index (χ1v) is 18.0. The number of furan rings is 1. The van der Waals surface area contributed by atoms with Crippen LogP contribution in [-0.2, 0) is 0 Å². The van der Waals surface area contributed by atoms with Gasteiger partial charge in [0.05, 0.1) is 8.22 Å². The van der Waals surface area contributed by atoms with Crippen molar-refractivity contribution in [2.75, 3.05) is 0 Å². The Morgan fingerprint density at radius 2 is 1.06 bits per heavy atom. The Labute approximate surface area is 308 Å². The summed E-state index contributed by atoms with van der Waals surface area (Å²) < 4.78 is 65.0. The largest absolute Gasteiger partial charge is 0.456 e. The fraction of sp³-hybridized carbons (Fsp3) is 0. The van der Waals surface area contributed by atoms with Gasteiger partial charge in [0.2, 0.25) is 0 Å². The van der Waals surface area contributed by atoms with Gasteiger partial charge in [-0.05, 0) is 59.6 Å². The first-order valence-electron chi connectivity index (χ1n) is 19.4. The first kappa shape index (κ1) is 23.2. The molecule has 11 rings (SSSR count). The van der Waals surface area contributed by atoms with Crippen molar-refractivity contribution in [1.29, 1.82) is 0 Å². The zero-order chi connectivity index (χ0) is 38.7. The Kier molecular flexibility index (Phi) is 5.08. The topological polar surface area (TPSA) is 51.8 Å². The van der Waals surface area contributed by atoms with Gasteiger partial charge in [0.25, 0.3) is 0 Å². The predicted octanol–water partition coefficient (Wildman–Crippen LogP) is 13.2. The van der Waals surface area contributed by atoms with Crippen LogP contribution >= 0.6 is 22.7 Å². The summed E-state index contributed by atoms with van der Waals surface area (Å²) in [7, 11) is 0. The Morgan fingerprint density at radius 3 is 1.96 bits per heavy atom. The molecule has 51 heavy (non-hydrogen) atoms. The second-order valence-corrected chi connectivity index (χ2v) is 14.4. The van der Waals surface area contributed by atoms with E-state index < -0.39 is 0 Å². The van der Waals surface area contributed by atoms with Crippen molar-refractivity contribution in [1.82, 2.24) is 15.0 Å². The number of rotatable bonds is 4. The third-order valence-electron chi connectivity index (χ3n) is 9.21. The third-order valence-corrected chi connectivity index (χ3v) is 11.4. The van der Waals surface area contributed by atoms with Crippen LogP contribution in [0, 0.1) is 0 Å². The number of para-hydroxylation sites is 1. The van der Waals surface area contributed by atoms with Gasteiger partial charge in [-0.2, -0.15) is 0 Å². The molecular weight excluding hydrogens is 663 g/mol. The van der Waals surface area contributed by atoms with E-state index in [2.05, 4.69) is 12.1 Å². The van der Waals surface area contributed by atoms with Crippen LogP contribution in [0.2, 0.25) is 0 Å². The molecule has 4 aromatic heterocycles. The Bertz CT molecular complexity index is 3510. The SMILES string of the molecule is [2H]c1c(-c2ccc3c(c2)sc2ccccc23)c([2H])c2c(sc3c([2H])c(-c4nc(-c5ccccc5)nc(-c5ccc6c(c5)oc5ccccc56)n4)c([2H])c([2H])c32)c1[2H]. The smallest absolute Gasteiger partial charge is 0.164 e. The van der Waals surface area contributed by atoms with Gasteiger partial charge in [0.15, 0.2) is 17.5 Å². The van der Waals surface area contributed by atoms with E-state index in [1.807, 2.05) is 103 Å². The van der Waals surface area contributed by atoms with Crippen molar-refractivity contribution in [3.05, 3.63) is 152 Å². The van der Waals surface area contributed by atoms with Gasteiger partial charge in [-0.15, -0.1) is 22.7 Å². The van der Waals surface area contributed by atoms with Crippen LogP contribution in [0.3, 0.4) is 0 Å². The molecule has 0 saturated heterocycles. The van der Waals surface area contributed by atoms with E-state index in [9.17, 15) is 5.48 Å². The first-order chi connectivity index (χ1) is 27.7. The predicted molar refractivity (Wildman–Crippen MR) is 215 cm³/mol. The van der Waals surface area contributed by atoms with Crippen molar-refractivity contribution in [3.8, 4) is 45.3 Å². The van der Waals surface area contributed by atoms with Gasteiger partial charge in [-0.3, -0.25) is 0 Å². The van der Waals surface area contributed by atoms with E-state index in [0.717, 1.165) is 47.9 Å². The Balaban J connectivity index is 1.12. The molecule has 0 aliphatic heterocycles. The summed E-state index contributed by atoms with van der Waals surface area (Å²) in [5, 5.41) is 4.69. The molecule has 238 valence electrons. The van der Waals surface area contributed by atoms with E-state index in [0.29, 0.717) is 48.7 Å². The van der Waals surface area contributed by atoms with E-state index in [4.69, 9.17) is 22.1 Å². The Morgan fingerprint density at radius 1 is 0.392 bits per heavy atom. The van der Waals surface area contributed by atoms with Crippen molar-refractivity contribution < 1.29 is 12.6 Å². The molecule has 0 saturated carbocycles. The molecule has 0 N–H and O–H groups in total. The summed E-state index contributed by atoms with van der Waals surface area (Å²) in [6.07, 6.45) is 0. The number of fused-ring (bicyclic) bond motifs is 9. The van der Waals surface area contributed by atoms with E-state index >= 15 is 0 Å². The van der Waals surface area contributed by atoms with Crippen LogP contribution in [0.25, 0.3) is 108 Å². The second-order valence-electron chi connectivity index (χ2n) is 12.3. The molecule has 7 aromatic carbocycles.